The lowest BCUT2D eigenvalue weighted by Gasteiger charge is -2.18. The highest BCUT2D eigenvalue weighted by Crippen LogP contribution is 2.37. The highest BCUT2D eigenvalue weighted by Gasteiger charge is 2.41. The first kappa shape index (κ1) is 4.68. The summed E-state index contributed by atoms with van der Waals surface area (Å²) in [5, 5.41) is 0. The van der Waals surface area contributed by atoms with Crippen molar-refractivity contribution in [2.75, 3.05) is 0 Å². The number of hydrogen-bond donors (Lipinski definition) is 0. The molecule has 1 aliphatic carbocycles. The van der Waals surface area contributed by atoms with E-state index in [0.29, 0.717) is 0 Å². The van der Waals surface area contributed by atoms with Crippen molar-refractivity contribution in [1.29, 1.82) is 0 Å². The minimum atomic E-state index is -3.12. The second kappa shape index (κ2) is 1.02. The summed E-state index contributed by atoms with van der Waals surface area (Å²) in [6.07, 6.45) is 0.443. The van der Waals surface area contributed by atoms with Crippen LogP contribution < -0.4 is 0 Å². The maximum absolute atomic E-state index is 11.5. The molecule has 0 heterocycles. The van der Waals surface area contributed by atoms with Gasteiger partial charge in [-0.1, -0.05) is 0 Å². The monoisotopic (exact) mass is 108 g/mol. The summed E-state index contributed by atoms with van der Waals surface area (Å²) in [4.78, 5) is 0. The molecular formula is C4H3F3. The lowest BCUT2D eigenvalue weighted by Crippen LogP contribution is -2.23. The van der Waals surface area contributed by atoms with E-state index in [1.54, 1.807) is 0 Å². The van der Waals surface area contributed by atoms with E-state index < -0.39 is 18.2 Å². The molecule has 1 aliphatic rings. The van der Waals surface area contributed by atoms with Crippen LogP contribution in [0.2, 0.25) is 0 Å². The number of halogens is 3. The van der Waals surface area contributed by atoms with Crippen LogP contribution in [0.1, 0.15) is 6.42 Å². The highest BCUT2D eigenvalue weighted by molar-refractivity contribution is 5.16. The quantitative estimate of drug-likeness (QED) is 0.444. The normalized spacial score (nSPS) is 25.9. The third kappa shape index (κ3) is 0.518. The van der Waals surface area contributed by atoms with Crippen molar-refractivity contribution in [3.05, 3.63) is 11.9 Å². The summed E-state index contributed by atoms with van der Waals surface area (Å²) >= 11 is 0. The zero-order valence-electron chi connectivity index (χ0n) is 3.42. The topological polar surface area (TPSA) is 0 Å². The summed E-state index contributed by atoms with van der Waals surface area (Å²) in [5.41, 5.74) is 0. The number of hydrogen-bond acceptors (Lipinski definition) is 0. The van der Waals surface area contributed by atoms with E-state index in [-0.39, 0.29) is 0 Å². The Kier molecular flexibility index (Phi) is 0.685. The van der Waals surface area contributed by atoms with Crippen LogP contribution in [0.3, 0.4) is 0 Å². The average molecular weight is 108 g/mol. The minimum Gasteiger partial charge on any atom is -0.205 e. The van der Waals surface area contributed by atoms with Crippen LogP contribution in [0, 0.1) is 0 Å². The molecule has 0 radical (unpaired) electrons. The predicted molar refractivity (Wildman–Crippen MR) is 18.8 cm³/mol. The molecule has 0 bridgehead atoms. The molecule has 40 valence electrons. The second-order valence-electron chi connectivity index (χ2n) is 1.46. The molecule has 0 atom stereocenters. The Morgan fingerprint density at radius 3 is 2.00 bits per heavy atom. The number of rotatable bonds is 0. The van der Waals surface area contributed by atoms with E-state index in [2.05, 4.69) is 0 Å². The molecule has 0 nitrogen and oxygen atoms in total. The first-order chi connectivity index (χ1) is 3.13. The van der Waals surface area contributed by atoms with Gasteiger partial charge in [-0.3, -0.25) is 0 Å². The molecule has 0 spiro atoms. The van der Waals surface area contributed by atoms with Gasteiger partial charge in [-0.25, -0.2) is 4.39 Å². The van der Waals surface area contributed by atoms with Crippen LogP contribution in [0.25, 0.3) is 0 Å². The Morgan fingerprint density at radius 2 is 2.00 bits per heavy atom. The second-order valence-corrected chi connectivity index (χ2v) is 1.46. The smallest absolute Gasteiger partial charge is 0.205 e. The van der Waals surface area contributed by atoms with Crippen molar-refractivity contribution in [2.24, 2.45) is 0 Å². The zero-order chi connectivity index (χ0) is 5.49. The van der Waals surface area contributed by atoms with Gasteiger partial charge in [0.2, 0.25) is 0 Å². The molecule has 1 rings (SSSR count). The fraction of sp³-hybridized carbons (Fsp3) is 0.500. The van der Waals surface area contributed by atoms with E-state index in [0.717, 1.165) is 6.08 Å². The van der Waals surface area contributed by atoms with Crippen LogP contribution in [-0.4, -0.2) is 5.92 Å². The Bertz CT molecular complexity index is 114. The van der Waals surface area contributed by atoms with Crippen molar-refractivity contribution in [3.8, 4) is 0 Å². The molecule has 0 fully saturated rings. The zero-order valence-corrected chi connectivity index (χ0v) is 3.42. The first-order valence-corrected chi connectivity index (χ1v) is 1.87. The Hall–Kier alpha value is -0.470. The summed E-state index contributed by atoms with van der Waals surface area (Å²) in [6.45, 7) is 0. The van der Waals surface area contributed by atoms with Gasteiger partial charge in [0.1, 0.15) is 0 Å². The first-order valence-electron chi connectivity index (χ1n) is 1.87. The molecule has 0 aromatic carbocycles. The van der Waals surface area contributed by atoms with Gasteiger partial charge >= 0.3 is 5.92 Å². The Morgan fingerprint density at radius 1 is 1.57 bits per heavy atom. The highest BCUT2D eigenvalue weighted by atomic mass is 19.3. The van der Waals surface area contributed by atoms with E-state index in [1.807, 2.05) is 0 Å². The fourth-order valence-electron chi connectivity index (χ4n) is 0.334. The molecule has 0 aromatic heterocycles. The fourth-order valence-corrected chi connectivity index (χ4v) is 0.334. The van der Waals surface area contributed by atoms with Gasteiger partial charge in [-0.2, -0.15) is 8.78 Å². The molecule has 0 saturated heterocycles. The largest absolute Gasteiger partial charge is 0.301 e. The van der Waals surface area contributed by atoms with E-state index >= 15 is 0 Å². The molecule has 0 saturated carbocycles. The Balaban J connectivity index is 2.68. The lowest BCUT2D eigenvalue weighted by atomic mass is 10.1. The molecule has 0 aromatic rings. The summed E-state index contributed by atoms with van der Waals surface area (Å²) in [5.74, 6) is -4.41. The number of alkyl halides is 2. The van der Waals surface area contributed by atoms with Gasteiger partial charge in [0.05, 0.1) is 0 Å². The molecule has 0 unspecified atom stereocenters. The molecule has 3 heteroatoms. The molecule has 7 heavy (non-hydrogen) atoms. The summed E-state index contributed by atoms with van der Waals surface area (Å²) < 4.78 is 34.4. The molecule has 0 N–H and O–H groups in total. The molecule has 0 amide bonds. The van der Waals surface area contributed by atoms with Crippen LogP contribution in [-0.2, 0) is 0 Å². The SMILES string of the molecule is FC1=CCC1(F)F. The third-order valence-electron chi connectivity index (χ3n) is 0.887. The maximum atomic E-state index is 11.5. The van der Waals surface area contributed by atoms with Crippen molar-refractivity contribution < 1.29 is 13.2 Å². The minimum absolute atomic E-state index is 0.432. The van der Waals surface area contributed by atoms with E-state index in [1.165, 1.54) is 0 Å². The average Bonchev–Trinajstić information content (AvgIpc) is 1.63. The van der Waals surface area contributed by atoms with E-state index in [4.69, 9.17) is 0 Å². The lowest BCUT2D eigenvalue weighted by molar-refractivity contribution is -0.00191. The maximum Gasteiger partial charge on any atom is 0.301 e. The van der Waals surface area contributed by atoms with Gasteiger partial charge < -0.3 is 0 Å². The van der Waals surface area contributed by atoms with Crippen LogP contribution in [0.5, 0.6) is 0 Å². The number of allylic oxidation sites excluding steroid dienone is 2. The van der Waals surface area contributed by atoms with Gasteiger partial charge in [0, 0.05) is 6.42 Å². The Labute approximate surface area is 38.6 Å². The van der Waals surface area contributed by atoms with Gasteiger partial charge in [-0.15, -0.1) is 0 Å². The van der Waals surface area contributed by atoms with Gasteiger partial charge in [-0.05, 0) is 6.08 Å². The summed E-state index contributed by atoms with van der Waals surface area (Å²) in [7, 11) is 0. The van der Waals surface area contributed by atoms with Gasteiger partial charge in [0.25, 0.3) is 0 Å². The van der Waals surface area contributed by atoms with Crippen molar-refractivity contribution in [3.63, 3.8) is 0 Å². The third-order valence-corrected chi connectivity index (χ3v) is 0.887. The molecular weight excluding hydrogens is 105 g/mol. The summed E-state index contributed by atoms with van der Waals surface area (Å²) in [6, 6.07) is 0. The van der Waals surface area contributed by atoms with Crippen molar-refractivity contribution >= 4 is 0 Å². The van der Waals surface area contributed by atoms with E-state index in [9.17, 15) is 13.2 Å². The predicted octanol–water partition coefficient (Wildman–Crippen LogP) is 1.88. The van der Waals surface area contributed by atoms with Gasteiger partial charge in [0.15, 0.2) is 5.83 Å². The van der Waals surface area contributed by atoms with Crippen molar-refractivity contribution in [1.82, 2.24) is 0 Å². The van der Waals surface area contributed by atoms with Crippen molar-refractivity contribution in [2.45, 2.75) is 12.3 Å². The molecule has 0 aliphatic heterocycles. The van der Waals surface area contributed by atoms with Crippen LogP contribution in [0.15, 0.2) is 11.9 Å². The van der Waals surface area contributed by atoms with Crippen LogP contribution >= 0.6 is 0 Å². The standard InChI is InChI=1S/C4H3F3/c5-3-1-2-4(3,6)7/h1H,2H2. The van der Waals surface area contributed by atoms with Crippen LogP contribution in [0.4, 0.5) is 13.2 Å².